The van der Waals surface area contributed by atoms with Crippen molar-refractivity contribution in [3.63, 3.8) is 0 Å². The number of rotatable bonds is 8. The summed E-state index contributed by atoms with van der Waals surface area (Å²) >= 11 is 0. The molecule has 1 heterocycles. The van der Waals surface area contributed by atoms with Crippen LogP contribution < -0.4 is 14.8 Å². The standard InChI is InChI=1S/C31H34N2O5/c1-20-6-4-9-25-24(20)8-5-11-28(25)37-22-13-15-23(16-14-22)38-30-17-12-21(19-32-30)18-29(34)33-27-10-3-2-7-26(27)31(35)36/h2-3,7,10,12-17,19-20,24-25,28H,4-6,8-9,11,18H2,1H3,(H,33,34)(H,35,36). The van der Waals surface area contributed by atoms with Gasteiger partial charge in [-0.25, -0.2) is 9.78 Å². The van der Waals surface area contributed by atoms with Gasteiger partial charge in [0.1, 0.15) is 17.6 Å². The number of benzene rings is 2. The predicted molar refractivity (Wildman–Crippen MR) is 145 cm³/mol. The monoisotopic (exact) mass is 514 g/mol. The number of carbonyl (C=O) groups is 2. The molecule has 0 bridgehead atoms. The molecule has 7 heteroatoms. The number of carboxylic acids is 1. The van der Waals surface area contributed by atoms with Gasteiger partial charge < -0.3 is 19.9 Å². The second kappa shape index (κ2) is 11.7. The molecule has 2 fully saturated rings. The number of hydrogen-bond acceptors (Lipinski definition) is 5. The van der Waals surface area contributed by atoms with Gasteiger partial charge in [0.2, 0.25) is 11.8 Å². The summed E-state index contributed by atoms with van der Waals surface area (Å²) in [5.74, 6) is 2.81. The minimum absolute atomic E-state index is 0.0469. The Balaban J connectivity index is 1.14. The van der Waals surface area contributed by atoms with Crippen molar-refractivity contribution in [2.24, 2.45) is 17.8 Å². The van der Waals surface area contributed by atoms with Crippen molar-refractivity contribution in [3.05, 3.63) is 78.0 Å². The van der Waals surface area contributed by atoms with Gasteiger partial charge in [0.15, 0.2) is 0 Å². The maximum Gasteiger partial charge on any atom is 0.337 e. The van der Waals surface area contributed by atoms with Gasteiger partial charge in [-0.3, -0.25) is 4.79 Å². The van der Waals surface area contributed by atoms with Crippen molar-refractivity contribution in [2.75, 3.05) is 5.32 Å². The third kappa shape index (κ3) is 6.15. The van der Waals surface area contributed by atoms with Gasteiger partial charge in [-0.05, 0) is 85.4 Å². The first kappa shape index (κ1) is 25.8. The third-order valence-electron chi connectivity index (χ3n) is 7.91. The number of amides is 1. The van der Waals surface area contributed by atoms with E-state index >= 15 is 0 Å². The van der Waals surface area contributed by atoms with Crippen LogP contribution in [0.25, 0.3) is 0 Å². The SMILES string of the molecule is CC1CCCC2C(Oc3ccc(Oc4ccc(CC(=O)Nc5ccccc5C(=O)O)cn4)cc3)CCCC12. The van der Waals surface area contributed by atoms with Crippen LogP contribution in [0.4, 0.5) is 5.69 Å². The summed E-state index contributed by atoms with van der Waals surface area (Å²) in [5.41, 5.74) is 1.00. The second-order valence-electron chi connectivity index (χ2n) is 10.5. The Labute approximate surface area is 223 Å². The Bertz CT molecular complexity index is 1260. The van der Waals surface area contributed by atoms with Gasteiger partial charge in [0.05, 0.1) is 17.7 Å². The lowest BCUT2D eigenvalue weighted by atomic mass is 9.65. The van der Waals surface area contributed by atoms with Crippen molar-refractivity contribution in [2.45, 2.75) is 58.0 Å². The molecule has 1 aromatic heterocycles. The number of nitrogens with zero attached hydrogens (tertiary/aromatic N) is 1. The zero-order chi connectivity index (χ0) is 26.5. The maximum absolute atomic E-state index is 12.4. The largest absolute Gasteiger partial charge is 0.490 e. The molecule has 3 aromatic rings. The normalized spacial score (nSPS) is 22.7. The van der Waals surface area contributed by atoms with E-state index in [0.29, 0.717) is 29.2 Å². The van der Waals surface area contributed by atoms with Crippen LogP contribution in [-0.4, -0.2) is 28.1 Å². The molecule has 38 heavy (non-hydrogen) atoms. The first-order valence-electron chi connectivity index (χ1n) is 13.5. The molecule has 2 aliphatic carbocycles. The number of ether oxygens (including phenoxy) is 2. The number of carbonyl (C=O) groups excluding carboxylic acids is 1. The van der Waals surface area contributed by atoms with Crippen LogP contribution in [0.3, 0.4) is 0 Å². The molecule has 2 aliphatic rings. The molecule has 4 unspecified atom stereocenters. The first-order valence-corrected chi connectivity index (χ1v) is 13.5. The molecule has 0 saturated heterocycles. The van der Waals surface area contributed by atoms with E-state index in [1.165, 1.54) is 38.2 Å². The molecule has 0 aliphatic heterocycles. The van der Waals surface area contributed by atoms with Gasteiger partial charge in [-0.2, -0.15) is 0 Å². The lowest BCUT2D eigenvalue weighted by Crippen LogP contribution is -2.41. The van der Waals surface area contributed by atoms with Crippen LogP contribution in [0.1, 0.15) is 61.4 Å². The van der Waals surface area contributed by atoms with E-state index in [-0.39, 0.29) is 23.6 Å². The van der Waals surface area contributed by atoms with E-state index in [1.54, 1.807) is 36.5 Å². The minimum atomic E-state index is -1.09. The number of para-hydroxylation sites is 1. The highest BCUT2D eigenvalue weighted by atomic mass is 16.5. The average molecular weight is 515 g/mol. The highest BCUT2D eigenvalue weighted by Gasteiger charge is 2.39. The molecule has 0 spiro atoms. The van der Waals surface area contributed by atoms with Crippen LogP contribution in [-0.2, 0) is 11.2 Å². The van der Waals surface area contributed by atoms with Gasteiger partial charge in [0.25, 0.3) is 0 Å². The lowest BCUT2D eigenvalue weighted by molar-refractivity contribution is -0.115. The smallest absolute Gasteiger partial charge is 0.337 e. The summed E-state index contributed by atoms with van der Waals surface area (Å²) < 4.78 is 12.3. The Morgan fingerprint density at radius 2 is 1.66 bits per heavy atom. The van der Waals surface area contributed by atoms with Crippen molar-refractivity contribution in [3.8, 4) is 17.4 Å². The van der Waals surface area contributed by atoms with E-state index < -0.39 is 5.97 Å². The molecule has 2 aromatic carbocycles. The molecule has 2 N–H and O–H groups in total. The Morgan fingerprint density at radius 3 is 2.42 bits per heavy atom. The quantitative estimate of drug-likeness (QED) is 0.346. The molecule has 5 rings (SSSR count). The van der Waals surface area contributed by atoms with E-state index in [1.807, 2.05) is 24.3 Å². The summed E-state index contributed by atoms with van der Waals surface area (Å²) in [6.07, 6.45) is 9.60. The molecular weight excluding hydrogens is 480 g/mol. The zero-order valence-corrected chi connectivity index (χ0v) is 21.6. The zero-order valence-electron chi connectivity index (χ0n) is 21.6. The van der Waals surface area contributed by atoms with E-state index in [9.17, 15) is 14.7 Å². The van der Waals surface area contributed by atoms with Gasteiger partial charge in [-0.15, -0.1) is 0 Å². The summed E-state index contributed by atoms with van der Waals surface area (Å²) in [6, 6.07) is 17.5. The van der Waals surface area contributed by atoms with Crippen LogP contribution >= 0.6 is 0 Å². The molecule has 7 nitrogen and oxygen atoms in total. The van der Waals surface area contributed by atoms with Crippen LogP contribution in [0, 0.1) is 17.8 Å². The molecular formula is C31H34N2O5. The van der Waals surface area contributed by atoms with E-state index in [2.05, 4.69) is 17.2 Å². The van der Waals surface area contributed by atoms with Gasteiger partial charge >= 0.3 is 5.97 Å². The highest BCUT2D eigenvalue weighted by Crippen LogP contribution is 2.45. The number of aromatic carboxylic acids is 1. The Hall–Kier alpha value is -3.87. The van der Waals surface area contributed by atoms with Crippen LogP contribution in [0.15, 0.2) is 66.9 Å². The number of carboxylic acid groups (broad SMARTS) is 1. The molecule has 198 valence electrons. The fraction of sp³-hybridized carbons (Fsp3) is 0.387. The fourth-order valence-electron chi connectivity index (χ4n) is 6.02. The van der Waals surface area contributed by atoms with E-state index in [0.717, 1.165) is 24.0 Å². The predicted octanol–water partition coefficient (Wildman–Crippen LogP) is 6.74. The maximum atomic E-state index is 12.4. The van der Waals surface area contributed by atoms with E-state index in [4.69, 9.17) is 9.47 Å². The number of fused-ring (bicyclic) bond motifs is 1. The molecule has 0 radical (unpaired) electrons. The molecule has 1 amide bonds. The number of pyridine rings is 1. The van der Waals surface area contributed by atoms with Crippen LogP contribution in [0.2, 0.25) is 0 Å². The van der Waals surface area contributed by atoms with Crippen LogP contribution in [0.5, 0.6) is 17.4 Å². The lowest BCUT2D eigenvalue weighted by Gasteiger charge is -2.44. The number of anilines is 1. The molecule has 2 saturated carbocycles. The summed E-state index contributed by atoms with van der Waals surface area (Å²) in [5, 5.41) is 11.9. The van der Waals surface area contributed by atoms with Crippen molar-refractivity contribution in [1.29, 1.82) is 0 Å². The summed E-state index contributed by atoms with van der Waals surface area (Å²) in [4.78, 5) is 28.1. The number of hydrogen-bond donors (Lipinski definition) is 2. The number of nitrogens with one attached hydrogen (secondary N) is 1. The number of aromatic nitrogens is 1. The minimum Gasteiger partial charge on any atom is -0.490 e. The van der Waals surface area contributed by atoms with Crippen molar-refractivity contribution in [1.82, 2.24) is 4.98 Å². The van der Waals surface area contributed by atoms with Crippen molar-refractivity contribution < 1.29 is 24.2 Å². The van der Waals surface area contributed by atoms with Crippen molar-refractivity contribution >= 4 is 17.6 Å². The Morgan fingerprint density at radius 1 is 0.921 bits per heavy atom. The topological polar surface area (TPSA) is 97.8 Å². The first-order chi connectivity index (χ1) is 18.5. The van der Waals surface area contributed by atoms with Gasteiger partial charge in [0, 0.05) is 12.3 Å². The summed E-state index contributed by atoms with van der Waals surface area (Å²) in [6.45, 7) is 2.41. The highest BCUT2D eigenvalue weighted by molar-refractivity contribution is 6.00. The fourth-order valence-corrected chi connectivity index (χ4v) is 6.02. The summed E-state index contributed by atoms with van der Waals surface area (Å²) in [7, 11) is 0. The third-order valence-corrected chi connectivity index (χ3v) is 7.91. The molecule has 4 atom stereocenters. The average Bonchev–Trinajstić information content (AvgIpc) is 2.92. The second-order valence-corrected chi connectivity index (χ2v) is 10.5. The Kier molecular flexibility index (Phi) is 7.91. The van der Waals surface area contributed by atoms with Gasteiger partial charge in [-0.1, -0.05) is 38.0 Å².